The van der Waals surface area contributed by atoms with Crippen LogP contribution in [-0.2, 0) is 17.8 Å². The first-order valence-corrected chi connectivity index (χ1v) is 9.46. The first kappa shape index (κ1) is 17.5. The van der Waals surface area contributed by atoms with E-state index in [0.717, 1.165) is 12.0 Å². The van der Waals surface area contributed by atoms with Gasteiger partial charge in [0.1, 0.15) is 0 Å². The fourth-order valence-corrected chi connectivity index (χ4v) is 3.99. The largest absolute Gasteiger partial charge is 0.366 e. The van der Waals surface area contributed by atoms with E-state index in [0.29, 0.717) is 38.6 Å². The third-order valence-electron chi connectivity index (χ3n) is 5.43. The molecule has 0 bridgehead atoms. The molecule has 0 aliphatic carbocycles. The lowest BCUT2D eigenvalue weighted by Gasteiger charge is -2.36. The molecule has 1 unspecified atom stereocenters. The van der Waals surface area contributed by atoms with Crippen LogP contribution in [-0.4, -0.2) is 52.4 Å². The second-order valence-electron chi connectivity index (χ2n) is 7.23. The highest BCUT2D eigenvalue weighted by Crippen LogP contribution is 2.31. The van der Waals surface area contributed by atoms with Gasteiger partial charge in [0.05, 0.1) is 0 Å². The van der Waals surface area contributed by atoms with E-state index in [-0.39, 0.29) is 11.9 Å². The van der Waals surface area contributed by atoms with Crippen molar-refractivity contribution in [2.24, 2.45) is 0 Å². The molecule has 0 saturated carbocycles. The number of benzene rings is 1. The molecule has 4 rings (SSSR count). The zero-order valence-corrected chi connectivity index (χ0v) is 15.5. The van der Waals surface area contributed by atoms with Crippen molar-refractivity contribution in [3.63, 3.8) is 0 Å². The van der Waals surface area contributed by atoms with Crippen LogP contribution in [0.2, 0.25) is 0 Å². The molecule has 6 nitrogen and oxygen atoms in total. The van der Waals surface area contributed by atoms with Gasteiger partial charge in [0.25, 0.3) is 0 Å². The number of rotatable bonds is 5. The Labute approximate surface area is 159 Å². The summed E-state index contributed by atoms with van der Waals surface area (Å²) in [6, 6.07) is 12.4. The number of nitrogens with zero attached hydrogens (tertiary/aromatic N) is 4. The van der Waals surface area contributed by atoms with E-state index < -0.39 is 0 Å². The lowest BCUT2D eigenvalue weighted by Crippen LogP contribution is -2.54. The van der Waals surface area contributed by atoms with Crippen LogP contribution in [0.15, 0.2) is 48.8 Å². The van der Waals surface area contributed by atoms with Gasteiger partial charge in [0.2, 0.25) is 5.91 Å². The molecule has 2 aliphatic rings. The number of carbonyl (C=O) groups is 2. The molecule has 0 spiro atoms. The van der Waals surface area contributed by atoms with Crippen LogP contribution in [0.25, 0.3) is 0 Å². The lowest BCUT2D eigenvalue weighted by molar-refractivity contribution is -0.131. The van der Waals surface area contributed by atoms with E-state index in [1.54, 1.807) is 17.3 Å². The van der Waals surface area contributed by atoms with Crippen molar-refractivity contribution >= 4 is 17.6 Å². The molecule has 1 atom stereocenters. The number of hydrogen-bond acceptors (Lipinski definition) is 4. The molecule has 1 saturated heterocycles. The second-order valence-corrected chi connectivity index (χ2v) is 7.23. The number of hydrogen-bond donors (Lipinski definition) is 0. The molecule has 0 N–H and O–H groups in total. The fourth-order valence-electron chi connectivity index (χ4n) is 3.99. The minimum Gasteiger partial charge on any atom is -0.366 e. The quantitative estimate of drug-likeness (QED) is 0.819. The van der Waals surface area contributed by atoms with Crippen molar-refractivity contribution in [2.75, 3.05) is 24.5 Å². The Morgan fingerprint density at radius 1 is 1.07 bits per heavy atom. The number of aromatic nitrogens is 1. The number of fused-ring (bicyclic) bond motifs is 1. The highest BCUT2D eigenvalue weighted by Gasteiger charge is 2.33. The number of para-hydroxylation sites is 1. The lowest BCUT2D eigenvalue weighted by atomic mass is 10.1. The summed E-state index contributed by atoms with van der Waals surface area (Å²) in [5.74, 6) is -0.0777. The number of amides is 3. The van der Waals surface area contributed by atoms with Crippen LogP contribution >= 0.6 is 0 Å². The number of pyridine rings is 1. The van der Waals surface area contributed by atoms with Gasteiger partial charge in [-0.25, -0.2) is 4.79 Å². The van der Waals surface area contributed by atoms with Crippen molar-refractivity contribution in [1.82, 2.24) is 14.8 Å². The molecular formula is C21H24N4O2. The highest BCUT2D eigenvalue weighted by atomic mass is 16.2. The first-order valence-electron chi connectivity index (χ1n) is 9.46. The molecule has 2 aromatic rings. The van der Waals surface area contributed by atoms with E-state index in [4.69, 9.17) is 0 Å². The Morgan fingerprint density at radius 3 is 2.67 bits per heavy atom. The number of imide groups is 1. The summed E-state index contributed by atoms with van der Waals surface area (Å²) in [6.07, 6.45) is 4.83. The van der Waals surface area contributed by atoms with Gasteiger partial charge in [-0.1, -0.05) is 18.2 Å². The molecule has 1 aromatic heterocycles. The van der Waals surface area contributed by atoms with Gasteiger partial charge >= 0.3 is 6.03 Å². The summed E-state index contributed by atoms with van der Waals surface area (Å²) in [5.41, 5.74) is 3.57. The van der Waals surface area contributed by atoms with E-state index in [1.165, 1.54) is 16.2 Å². The van der Waals surface area contributed by atoms with E-state index in [1.807, 2.05) is 18.2 Å². The molecule has 3 amide bonds. The predicted molar refractivity (Wildman–Crippen MR) is 103 cm³/mol. The summed E-state index contributed by atoms with van der Waals surface area (Å²) < 4.78 is 0. The van der Waals surface area contributed by atoms with Crippen molar-refractivity contribution in [1.29, 1.82) is 0 Å². The molecule has 6 heteroatoms. The first-order chi connectivity index (χ1) is 13.1. The van der Waals surface area contributed by atoms with Gasteiger partial charge in [-0.2, -0.15) is 0 Å². The van der Waals surface area contributed by atoms with Crippen molar-refractivity contribution in [3.8, 4) is 0 Å². The Morgan fingerprint density at radius 2 is 1.85 bits per heavy atom. The predicted octanol–water partition coefficient (Wildman–Crippen LogP) is 2.69. The maximum atomic E-state index is 12.9. The minimum atomic E-state index is -0.191. The molecule has 1 fully saturated rings. The Hall–Kier alpha value is -2.89. The number of carbonyl (C=O) groups excluding carboxylic acids is 2. The summed E-state index contributed by atoms with van der Waals surface area (Å²) in [7, 11) is 0. The summed E-state index contributed by atoms with van der Waals surface area (Å²) in [6.45, 7) is 4.26. The zero-order chi connectivity index (χ0) is 18.8. The van der Waals surface area contributed by atoms with Crippen LogP contribution in [0.3, 0.4) is 0 Å². The fraction of sp³-hybridized carbons (Fsp3) is 0.381. The molecule has 3 heterocycles. The van der Waals surface area contributed by atoms with E-state index in [9.17, 15) is 9.59 Å². The number of urea groups is 1. The Balaban J connectivity index is 1.43. The van der Waals surface area contributed by atoms with Gasteiger partial charge in [0.15, 0.2) is 0 Å². The maximum absolute atomic E-state index is 12.9. The van der Waals surface area contributed by atoms with Crippen molar-refractivity contribution in [2.45, 2.75) is 32.4 Å². The normalized spacial score (nSPS) is 19.6. The molecular weight excluding hydrogens is 340 g/mol. The maximum Gasteiger partial charge on any atom is 0.327 e. The third kappa shape index (κ3) is 3.52. The molecule has 2 aliphatic heterocycles. The van der Waals surface area contributed by atoms with Gasteiger partial charge < -0.3 is 9.80 Å². The average molecular weight is 364 g/mol. The monoisotopic (exact) mass is 364 g/mol. The van der Waals surface area contributed by atoms with Crippen LogP contribution in [0.4, 0.5) is 10.5 Å². The Kier molecular flexibility index (Phi) is 4.79. The third-order valence-corrected chi connectivity index (χ3v) is 5.43. The molecule has 27 heavy (non-hydrogen) atoms. The SMILES string of the molecule is CC1Cc2ccccc2N1CCN1C(=O)CCN(Cc2ccncc2)C1=O. The average Bonchev–Trinajstić information content (AvgIpc) is 3.00. The van der Waals surface area contributed by atoms with Gasteiger partial charge in [-0.15, -0.1) is 0 Å². The summed E-state index contributed by atoms with van der Waals surface area (Å²) >= 11 is 0. The van der Waals surface area contributed by atoms with Crippen molar-refractivity contribution in [3.05, 3.63) is 59.9 Å². The van der Waals surface area contributed by atoms with E-state index in [2.05, 4.69) is 35.0 Å². The Bertz CT molecular complexity index is 839. The molecule has 1 aromatic carbocycles. The van der Waals surface area contributed by atoms with Crippen molar-refractivity contribution < 1.29 is 9.59 Å². The van der Waals surface area contributed by atoms with Gasteiger partial charge in [-0.05, 0) is 42.7 Å². The zero-order valence-electron chi connectivity index (χ0n) is 15.5. The van der Waals surface area contributed by atoms with Gasteiger partial charge in [0, 0.05) is 56.7 Å². The number of anilines is 1. The smallest absolute Gasteiger partial charge is 0.327 e. The standard InChI is InChI=1S/C21H24N4O2/c1-16-14-18-4-2-3-5-19(18)24(16)12-13-25-20(26)8-11-23(21(25)27)15-17-6-9-22-10-7-17/h2-7,9-10,16H,8,11-15H2,1H3. The summed E-state index contributed by atoms with van der Waals surface area (Å²) in [5, 5.41) is 0. The topological polar surface area (TPSA) is 56.8 Å². The minimum absolute atomic E-state index is 0.0777. The van der Waals surface area contributed by atoms with E-state index >= 15 is 0 Å². The van der Waals surface area contributed by atoms with Crippen LogP contribution < -0.4 is 4.90 Å². The van der Waals surface area contributed by atoms with Crippen LogP contribution in [0.5, 0.6) is 0 Å². The molecule has 0 radical (unpaired) electrons. The summed E-state index contributed by atoms with van der Waals surface area (Å²) in [4.78, 5) is 34.7. The van der Waals surface area contributed by atoms with Crippen LogP contribution in [0, 0.1) is 0 Å². The van der Waals surface area contributed by atoms with Gasteiger partial charge in [-0.3, -0.25) is 14.7 Å². The molecule has 140 valence electrons. The highest BCUT2D eigenvalue weighted by molar-refractivity contribution is 5.96. The second kappa shape index (κ2) is 7.39. The van der Waals surface area contributed by atoms with Crippen LogP contribution in [0.1, 0.15) is 24.5 Å².